The minimum Gasteiger partial charge on any atom is -0.493 e. The first-order chi connectivity index (χ1) is 15.8. The van der Waals surface area contributed by atoms with E-state index in [0.717, 1.165) is 55.7 Å². The number of aromatic nitrogens is 1. The van der Waals surface area contributed by atoms with Gasteiger partial charge in [-0.15, -0.1) is 0 Å². The Morgan fingerprint density at radius 1 is 1.18 bits per heavy atom. The van der Waals surface area contributed by atoms with Crippen LogP contribution in [0.4, 0.5) is 0 Å². The zero-order valence-electron chi connectivity index (χ0n) is 21.0. The van der Waals surface area contributed by atoms with E-state index in [-0.39, 0.29) is 11.9 Å². The number of nitrogens with zero attached hydrogens (tertiary/aromatic N) is 2. The second kappa shape index (κ2) is 10.5. The average Bonchev–Trinajstić information content (AvgIpc) is 3.23. The summed E-state index contributed by atoms with van der Waals surface area (Å²) in [6.07, 6.45) is 6.02. The van der Waals surface area contributed by atoms with Crippen molar-refractivity contribution in [3.05, 3.63) is 30.0 Å². The molecule has 6 heteroatoms. The van der Waals surface area contributed by atoms with Crippen LogP contribution in [-0.4, -0.2) is 71.6 Å². The number of piperidine rings is 2. The topological polar surface area (TPSA) is 60.6 Å². The van der Waals surface area contributed by atoms with Crippen molar-refractivity contribution >= 4 is 16.8 Å². The zero-order chi connectivity index (χ0) is 23.4. The highest BCUT2D eigenvalue weighted by atomic mass is 16.5. The maximum atomic E-state index is 12.9. The maximum absolute atomic E-state index is 12.9. The Bertz CT molecular complexity index is 927. The number of ether oxygens (including phenoxy) is 1. The van der Waals surface area contributed by atoms with Gasteiger partial charge in [-0.3, -0.25) is 9.69 Å². The first-order valence-electron chi connectivity index (χ1n) is 12.8. The maximum Gasteiger partial charge on any atom is 0.267 e. The van der Waals surface area contributed by atoms with Gasteiger partial charge in [-0.25, -0.2) is 0 Å². The molecule has 0 aliphatic carbocycles. The van der Waals surface area contributed by atoms with Crippen LogP contribution >= 0.6 is 0 Å². The predicted molar refractivity (Wildman–Crippen MR) is 135 cm³/mol. The van der Waals surface area contributed by atoms with Crippen LogP contribution in [0.5, 0.6) is 5.75 Å². The van der Waals surface area contributed by atoms with Crippen LogP contribution in [0, 0.1) is 5.92 Å². The fourth-order valence-electron chi connectivity index (χ4n) is 5.19. The van der Waals surface area contributed by atoms with Crippen molar-refractivity contribution in [2.75, 3.05) is 39.3 Å². The number of carbonyl (C=O) groups excluding carboxylic acids is 1. The van der Waals surface area contributed by atoms with Gasteiger partial charge in [0, 0.05) is 48.7 Å². The summed E-state index contributed by atoms with van der Waals surface area (Å²) in [5, 5.41) is 4.23. The summed E-state index contributed by atoms with van der Waals surface area (Å²) >= 11 is 0. The highest BCUT2D eigenvalue weighted by Crippen LogP contribution is 2.28. The minimum absolute atomic E-state index is 0.0190. The number of likely N-dealkylation sites (tertiary alicyclic amines) is 2. The molecule has 4 rings (SSSR count). The summed E-state index contributed by atoms with van der Waals surface area (Å²) in [6, 6.07) is 8.10. The molecule has 2 aliphatic heterocycles. The van der Waals surface area contributed by atoms with Crippen molar-refractivity contribution in [1.29, 1.82) is 0 Å². The van der Waals surface area contributed by atoms with Crippen LogP contribution < -0.4 is 10.1 Å². The first-order valence-corrected chi connectivity index (χ1v) is 12.8. The van der Waals surface area contributed by atoms with Crippen LogP contribution in [0.25, 0.3) is 10.9 Å². The van der Waals surface area contributed by atoms with E-state index < -0.39 is 0 Å². The third-order valence-electron chi connectivity index (χ3n) is 7.37. The summed E-state index contributed by atoms with van der Waals surface area (Å²) in [5.74, 6) is 1.27. The summed E-state index contributed by atoms with van der Waals surface area (Å²) in [7, 11) is 0. The lowest BCUT2D eigenvalue weighted by Gasteiger charge is -2.44. The fourth-order valence-corrected chi connectivity index (χ4v) is 5.19. The Morgan fingerprint density at radius 3 is 2.70 bits per heavy atom. The largest absolute Gasteiger partial charge is 0.493 e. The van der Waals surface area contributed by atoms with Crippen molar-refractivity contribution in [2.45, 2.75) is 71.4 Å². The lowest BCUT2D eigenvalue weighted by Crippen LogP contribution is -2.51. The molecule has 2 aliphatic rings. The molecule has 182 valence electrons. The van der Waals surface area contributed by atoms with E-state index in [1.165, 1.54) is 25.8 Å². The molecule has 0 radical (unpaired) electrons. The van der Waals surface area contributed by atoms with Crippen LogP contribution in [0.1, 0.15) is 70.3 Å². The zero-order valence-corrected chi connectivity index (χ0v) is 21.0. The van der Waals surface area contributed by atoms with Gasteiger partial charge in [-0.05, 0) is 70.2 Å². The number of benzene rings is 1. The van der Waals surface area contributed by atoms with Crippen LogP contribution in [0.3, 0.4) is 0 Å². The Balaban J connectivity index is 1.27. The van der Waals surface area contributed by atoms with Gasteiger partial charge in [0.15, 0.2) is 0 Å². The molecule has 2 fully saturated rings. The normalized spacial score (nSPS) is 20.4. The van der Waals surface area contributed by atoms with Gasteiger partial charge in [0.2, 0.25) is 0 Å². The average molecular weight is 455 g/mol. The molecule has 33 heavy (non-hydrogen) atoms. The smallest absolute Gasteiger partial charge is 0.267 e. The summed E-state index contributed by atoms with van der Waals surface area (Å²) in [6.45, 7) is 15.3. The van der Waals surface area contributed by atoms with Gasteiger partial charge in [-0.2, -0.15) is 0 Å². The molecule has 3 heterocycles. The molecule has 0 saturated carbocycles. The van der Waals surface area contributed by atoms with Crippen LogP contribution in [0.2, 0.25) is 0 Å². The van der Waals surface area contributed by atoms with E-state index in [1.807, 2.05) is 24.3 Å². The van der Waals surface area contributed by atoms with Crippen LogP contribution in [-0.2, 0) is 0 Å². The highest BCUT2D eigenvalue weighted by Gasteiger charge is 2.30. The van der Waals surface area contributed by atoms with Gasteiger partial charge in [-0.1, -0.05) is 26.3 Å². The van der Waals surface area contributed by atoms with Gasteiger partial charge in [0.05, 0.1) is 6.61 Å². The van der Waals surface area contributed by atoms with Gasteiger partial charge in [0.1, 0.15) is 11.4 Å². The van der Waals surface area contributed by atoms with Crippen LogP contribution in [0.15, 0.2) is 24.3 Å². The van der Waals surface area contributed by atoms with E-state index in [0.29, 0.717) is 23.8 Å². The summed E-state index contributed by atoms with van der Waals surface area (Å²) < 4.78 is 5.95. The third-order valence-corrected chi connectivity index (χ3v) is 7.37. The molecular formula is C27H42N4O2. The van der Waals surface area contributed by atoms with E-state index in [4.69, 9.17) is 4.74 Å². The van der Waals surface area contributed by atoms with Crippen molar-refractivity contribution in [3.8, 4) is 5.75 Å². The number of hydrogen-bond donors (Lipinski definition) is 2. The SMILES string of the molecule is CC(C)COc1cccc2[nH]c(C(=O)NC3CCN(CCN4CCCCC4(C)C)CC3)cc12. The Hall–Kier alpha value is -2.05. The molecule has 0 bridgehead atoms. The molecule has 1 aromatic heterocycles. The number of H-pyrrole nitrogens is 1. The minimum atomic E-state index is -0.0190. The lowest BCUT2D eigenvalue weighted by molar-refractivity contribution is 0.0595. The Labute approximate surface area is 199 Å². The quantitative estimate of drug-likeness (QED) is 0.609. The second-order valence-corrected chi connectivity index (χ2v) is 11.0. The van der Waals surface area contributed by atoms with Gasteiger partial charge >= 0.3 is 0 Å². The number of amides is 1. The summed E-state index contributed by atoms with van der Waals surface area (Å²) in [4.78, 5) is 21.4. The van der Waals surface area contributed by atoms with Crippen molar-refractivity contribution in [3.63, 3.8) is 0 Å². The molecule has 1 aromatic carbocycles. The summed E-state index contributed by atoms with van der Waals surface area (Å²) in [5.41, 5.74) is 1.89. The van der Waals surface area contributed by atoms with E-state index in [9.17, 15) is 4.79 Å². The van der Waals surface area contributed by atoms with Crippen molar-refractivity contribution in [1.82, 2.24) is 20.1 Å². The molecule has 0 unspecified atom stereocenters. The number of aromatic amines is 1. The second-order valence-electron chi connectivity index (χ2n) is 11.0. The Kier molecular flexibility index (Phi) is 7.65. The van der Waals surface area contributed by atoms with Crippen molar-refractivity contribution in [2.24, 2.45) is 5.92 Å². The third kappa shape index (κ3) is 6.10. The molecule has 0 spiro atoms. The van der Waals surface area contributed by atoms with E-state index >= 15 is 0 Å². The fraction of sp³-hybridized carbons (Fsp3) is 0.667. The number of rotatable bonds is 8. The molecule has 1 amide bonds. The van der Waals surface area contributed by atoms with Gasteiger partial charge < -0.3 is 19.9 Å². The Morgan fingerprint density at radius 2 is 1.97 bits per heavy atom. The predicted octanol–water partition coefficient (Wildman–Crippen LogP) is 4.66. The molecule has 2 N–H and O–H groups in total. The number of fused-ring (bicyclic) bond motifs is 1. The molecule has 2 aromatic rings. The van der Waals surface area contributed by atoms with E-state index in [2.05, 4.69) is 47.8 Å². The lowest BCUT2D eigenvalue weighted by atomic mass is 9.90. The monoisotopic (exact) mass is 454 g/mol. The molecule has 2 saturated heterocycles. The molecular weight excluding hydrogens is 412 g/mol. The van der Waals surface area contributed by atoms with Crippen molar-refractivity contribution < 1.29 is 9.53 Å². The highest BCUT2D eigenvalue weighted by molar-refractivity contribution is 5.99. The number of hydrogen-bond acceptors (Lipinski definition) is 4. The number of carbonyl (C=O) groups is 1. The first kappa shape index (κ1) is 24.1. The molecule has 0 atom stereocenters. The number of nitrogens with one attached hydrogen (secondary N) is 2. The molecule has 6 nitrogen and oxygen atoms in total. The standard InChI is InChI=1S/C27H42N4O2/c1-20(2)19-33-25-9-7-8-23-22(25)18-24(29-23)26(32)28-21-10-14-30(15-11-21)16-17-31-13-6-5-12-27(31,3)4/h7-9,18,20-21,29H,5-6,10-17,19H2,1-4H3,(H,28,32). The van der Waals surface area contributed by atoms with E-state index in [1.54, 1.807) is 0 Å². The van der Waals surface area contributed by atoms with Gasteiger partial charge in [0.25, 0.3) is 5.91 Å².